The van der Waals surface area contributed by atoms with Crippen molar-refractivity contribution < 1.29 is 14.7 Å². The molecule has 21 heavy (non-hydrogen) atoms. The number of rotatable bonds is 6. The van der Waals surface area contributed by atoms with Crippen LogP contribution in [0.5, 0.6) is 0 Å². The number of benzene rings is 1. The summed E-state index contributed by atoms with van der Waals surface area (Å²) in [5.41, 5.74) is 0.817. The van der Waals surface area contributed by atoms with Gasteiger partial charge in [0.1, 0.15) is 6.04 Å². The number of amides is 1. The molecule has 1 N–H and O–H groups in total. The molecule has 0 bridgehead atoms. The van der Waals surface area contributed by atoms with Gasteiger partial charge in [0.15, 0.2) is 0 Å². The average molecular weight is 333 g/mol. The average Bonchev–Trinajstić information content (AvgIpc) is 2.35. The van der Waals surface area contributed by atoms with E-state index in [9.17, 15) is 9.59 Å². The van der Waals surface area contributed by atoms with Crippen LogP contribution in [0.15, 0.2) is 18.2 Å². The van der Waals surface area contributed by atoms with Crippen LogP contribution in [0.3, 0.4) is 0 Å². The van der Waals surface area contributed by atoms with Crippen molar-refractivity contribution in [3.8, 4) is 0 Å². The summed E-state index contributed by atoms with van der Waals surface area (Å²) in [6.07, 6.45) is 0. The molecule has 0 heterocycles. The zero-order valence-electron chi connectivity index (χ0n) is 12.1. The van der Waals surface area contributed by atoms with Crippen LogP contribution in [0.2, 0.25) is 10.0 Å². The summed E-state index contributed by atoms with van der Waals surface area (Å²) >= 11 is 11.8. The summed E-state index contributed by atoms with van der Waals surface area (Å²) in [5, 5.41) is 9.92. The quantitative estimate of drug-likeness (QED) is 0.868. The van der Waals surface area contributed by atoms with Crippen LogP contribution in [-0.2, 0) is 16.1 Å². The number of halogens is 2. The lowest BCUT2D eigenvalue weighted by molar-refractivity contribution is -0.143. The summed E-state index contributed by atoms with van der Waals surface area (Å²) < 4.78 is 0. The van der Waals surface area contributed by atoms with Crippen molar-refractivity contribution >= 4 is 35.1 Å². The zero-order chi connectivity index (χ0) is 16.2. The van der Waals surface area contributed by atoms with E-state index in [1.54, 1.807) is 32.3 Å². The predicted molar refractivity (Wildman–Crippen MR) is 82.7 cm³/mol. The van der Waals surface area contributed by atoms with Gasteiger partial charge >= 0.3 is 5.97 Å². The van der Waals surface area contributed by atoms with E-state index in [0.29, 0.717) is 16.6 Å². The highest BCUT2D eigenvalue weighted by Gasteiger charge is 2.20. The molecule has 116 valence electrons. The first-order chi connectivity index (χ1) is 9.70. The van der Waals surface area contributed by atoms with E-state index in [-0.39, 0.29) is 12.5 Å². The minimum Gasteiger partial charge on any atom is -0.480 e. The number of nitrogens with zero attached hydrogens (tertiary/aromatic N) is 2. The van der Waals surface area contributed by atoms with Gasteiger partial charge < -0.3 is 10.0 Å². The number of carboxylic acids is 1. The number of carbonyl (C=O) groups excluding carboxylic acids is 1. The fraction of sp³-hybridized carbons (Fsp3) is 0.429. The second-order valence-electron chi connectivity index (χ2n) is 4.96. The molecular formula is C14H18Cl2N2O3. The minimum atomic E-state index is -0.963. The number of carboxylic acid groups (broad SMARTS) is 1. The Morgan fingerprint density at radius 2 is 1.71 bits per heavy atom. The molecule has 1 atom stereocenters. The molecule has 1 aromatic carbocycles. The number of hydrogen-bond acceptors (Lipinski definition) is 3. The van der Waals surface area contributed by atoms with Gasteiger partial charge in [0.05, 0.1) is 6.54 Å². The zero-order valence-corrected chi connectivity index (χ0v) is 13.6. The maximum Gasteiger partial charge on any atom is 0.320 e. The van der Waals surface area contributed by atoms with Gasteiger partial charge in [-0.15, -0.1) is 0 Å². The molecule has 5 nitrogen and oxygen atoms in total. The SMILES string of the molecule is CC(C(=O)O)N(C)CC(=O)N(C)Cc1cc(Cl)cc(Cl)c1. The summed E-state index contributed by atoms with van der Waals surface area (Å²) in [5.74, 6) is -1.14. The first kappa shape index (κ1) is 17.8. The van der Waals surface area contributed by atoms with Crippen LogP contribution in [-0.4, -0.2) is 53.5 Å². The molecule has 1 amide bonds. The lowest BCUT2D eigenvalue weighted by Crippen LogP contribution is -2.43. The van der Waals surface area contributed by atoms with E-state index in [1.807, 2.05) is 0 Å². The van der Waals surface area contributed by atoms with Gasteiger partial charge in [-0.3, -0.25) is 14.5 Å². The molecule has 0 aliphatic rings. The third-order valence-electron chi connectivity index (χ3n) is 3.17. The maximum atomic E-state index is 12.1. The van der Waals surface area contributed by atoms with Gasteiger partial charge in [-0.2, -0.15) is 0 Å². The number of likely N-dealkylation sites (N-methyl/N-ethyl adjacent to an activating group) is 2. The van der Waals surface area contributed by atoms with Crippen LogP contribution in [0, 0.1) is 0 Å². The van der Waals surface area contributed by atoms with E-state index >= 15 is 0 Å². The lowest BCUT2D eigenvalue weighted by Gasteiger charge is -2.24. The van der Waals surface area contributed by atoms with E-state index in [1.165, 1.54) is 16.7 Å². The predicted octanol–water partition coefficient (Wildman–Crippen LogP) is 2.36. The van der Waals surface area contributed by atoms with Crippen LogP contribution >= 0.6 is 23.2 Å². The molecule has 0 aliphatic heterocycles. The van der Waals surface area contributed by atoms with Gasteiger partial charge in [0.2, 0.25) is 5.91 Å². The van der Waals surface area contributed by atoms with E-state index < -0.39 is 12.0 Å². The summed E-state index contributed by atoms with van der Waals surface area (Å²) in [4.78, 5) is 25.9. The van der Waals surface area contributed by atoms with E-state index in [4.69, 9.17) is 28.3 Å². The Hall–Kier alpha value is -1.30. The molecule has 0 radical (unpaired) electrons. The van der Waals surface area contributed by atoms with E-state index in [0.717, 1.165) is 5.56 Å². The molecule has 0 aliphatic carbocycles. The molecule has 1 unspecified atom stereocenters. The van der Waals surface area contributed by atoms with Crippen molar-refractivity contribution in [3.05, 3.63) is 33.8 Å². The van der Waals surface area contributed by atoms with Crippen molar-refractivity contribution in [2.75, 3.05) is 20.6 Å². The van der Waals surface area contributed by atoms with Crippen LogP contribution in [0.4, 0.5) is 0 Å². The summed E-state index contributed by atoms with van der Waals surface area (Å²) in [7, 11) is 3.25. The van der Waals surface area contributed by atoms with Crippen LogP contribution in [0.25, 0.3) is 0 Å². The van der Waals surface area contributed by atoms with Gasteiger partial charge in [-0.05, 0) is 37.7 Å². The molecule has 1 rings (SSSR count). The Kier molecular flexibility index (Phi) is 6.45. The molecule has 0 aromatic heterocycles. The van der Waals surface area contributed by atoms with Gasteiger partial charge in [-0.25, -0.2) is 0 Å². The molecule has 0 saturated carbocycles. The number of hydrogen-bond donors (Lipinski definition) is 1. The molecule has 1 aromatic rings. The van der Waals surface area contributed by atoms with Crippen molar-refractivity contribution in [1.82, 2.24) is 9.80 Å². The second kappa shape index (κ2) is 7.64. The Bertz CT molecular complexity index is 517. The third kappa shape index (κ3) is 5.53. The van der Waals surface area contributed by atoms with Gasteiger partial charge in [-0.1, -0.05) is 23.2 Å². The summed E-state index contributed by atoms with van der Waals surface area (Å²) in [6, 6.07) is 4.38. The molecular weight excluding hydrogens is 315 g/mol. The first-order valence-corrected chi connectivity index (χ1v) is 7.08. The first-order valence-electron chi connectivity index (χ1n) is 6.32. The Morgan fingerprint density at radius 1 is 1.19 bits per heavy atom. The lowest BCUT2D eigenvalue weighted by atomic mass is 10.2. The standard InChI is InChI=1S/C14H18Cl2N2O3/c1-9(14(20)21)17(2)8-13(19)18(3)7-10-4-11(15)6-12(16)5-10/h4-6,9H,7-8H2,1-3H3,(H,20,21). The Balaban J connectivity index is 2.64. The number of carbonyl (C=O) groups is 2. The molecule has 0 fully saturated rings. The normalized spacial score (nSPS) is 12.3. The maximum absolute atomic E-state index is 12.1. The fourth-order valence-corrected chi connectivity index (χ4v) is 2.30. The highest BCUT2D eigenvalue weighted by Crippen LogP contribution is 2.20. The van der Waals surface area contributed by atoms with Crippen molar-refractivity contribution in [2.45, 2.75) is 19.5 Å². The van der Waals surface area contributed by atoms with Gasteiger partial charge in [0.25, 0.3) is 0 Å². The smallest absolute Gasteiger partial charge is 0.320 e. The van der Waals surface area contributed by atoms with Crippen LogP contribution in [0.1, 0.15) is 12.5 Å². The van der Waals surface area contributed by atoms with Gasteiger partial charge in [0, 0.05) is 23.6 Å². The van der Waals surface area contributed by atoms with Crippen molar-refractivity contribution in [2.24, 2.45) is 0 Å². The van der Waals surface area contributed by atoms with Crippen molar-refractivity contribution in [1.29, 1.82) is 0 Å². The molecule has 0 saturated heterocycles. The third-order valence-corrected chi connectivity index (χ3v) is 3.61. The number of aliphatic carboxylic acids is 1. The fourth-order valence-electron chi connectivity index (χ4n) is 1.72. The molecule has 0 spiro atoms. The highest BCUT2D eigenvalue weighted by molar-refractivity contribution is 6.34. The minimum absolute atomic E-state index is 0.0261. The Morgan fingerprint density at radius 3 is 2.19 bits per heavy atom. The summed E-state index contributed by atoms with van der Waals surface area (Å²) in [6.45, 7) is 1.92. The van der Waals surface area contributed by atoms with E-state index in [2.05, 4.69) is 0 Å². The molecule has 7 heteroatoms. The second-order valence-corrected chi connectivity index (χ2v) is 5.83. The van der Waals surface area contributed by atoms with Crippen LogP contribution < -0.4 is 0 Å². The van der Waals surface area contributed by atoms with Crippen molar-refractivity contribution in [3.63, 3.8) is 0 Å². The Labute approximate surface area is 134 Å². The largest absolute Gasteiger partial charge is 0.480 e. The monoisotopic (exact) mass is 332 g/mol. The topological polar surface area (TPSA) is 60.9 Å². The highest BCUT2D eigenvalue weighted by atomic mass is 35.5.